The van der Waals surface area contributed by atoms with Gasteiger partial charge < -0.3 is 19.4 Å². The summed E-state index contributed by atoms with van der Waals surface area (Å²) in [6.45, 7) is 9.27. The molecule has 0 atom stereocenters. The quantitative estimate of drug-likeness (QED) is 0.621. The predicted molar refractivity (Wildman–Crippen MR) is 76.1 cm³/mol. The molecule has 0 amide bonds. The SMILES string of the molecule is COCCNCc1cncn1CCOCCC(C)C. The molecule has 19 heavy (non-hydrogen) atoms. The fourth-order valence-electron chi connectivity index (χ4n) is 1.67. The Bertz CT molecular complexity index is 326. The third kappa shape index (κ3) is 7.30. The molecule has 5 nitrogen and oxygen atoms in total. The maximum Gasteiger partial charge on any atom is 0.0949 e. The average molecular weight is 269 g/mol. The summed E-state index contributed by atoms with van der Waals surface area (Å²) in [5, 5.41) is 3.32. The molecule has 0 aromatic carbocycles. The summed E-state index contributed by atoms with van der Waals surface area (Å²) in [7, 11) is 1.71. The van der Waals surface area contributed by atoms with E-state index < -0.39 is 0 Å². The number of hydrogen-bond acceptors (Lipinski definition) is 4. The minimum Gasteiger partial charge on any atom is -0.383 e. The van der Waals surface area contributed by atoms with Crippen molar-refractivity contribution < 1.29 is 9.47 Å². The first-order valence-electron chi connectivity index (χ1n) is 7.00. The van der Waals surface area contributed by atoms with E-state index in [1.165, 1.54) is 5.69 Å². The van der Waals surface area contributed by atoms with Crippen LogP contribution in [-0.2, 0) is 22.6 Å². The van der Waals surface area contributed by atoms with Crippen molar-refractivity contribution in [2.75, 3.05) is 33.5 Å². The number of hydrogen-bond donors (Lipinski definition) is 1. The van der Waals surface area contributed by atoms with Crippen LogP contribution in [0, 0.1) is 5.92 Å². The van der Waals surface area contributed by atoms with Gasteiger partial charge in [-0.15, -0.1) is 0 Å². The maximum atomic E-state index is 5.63. The first-order chi connectivity index (χ1) is 9.24. The number of nitrogens with zero attached hydrogens (tertiary/aromatic N) is 2. The van der Waals surface area contributed by atoms with E-state index in [2.05, 4.69) is 28.7 Å². The van der Waals surface area contributed by atoms with E-state index in [9.17, 15) is 0 Å². The van der Waals surface area contributed by atoms with Crippen LogP contribution in [0.15, 0.2) is 12.5 Å². The number of aromatic nitrogens is 2. The van der Waals surface area contributed by atoms with Crippen molar-refractivity contribution in [1.29, 1.82) is 0 Å². The van der Waals surface area contributed by atoms with Crippen molar-refractivity contribution in [3.05, 3.63) is 18.2 Å². The lowest BCUT2D eigenvalue weighted by atomic mass is 10.1. The van der Waals surface area contributed by atoms with Gasteiger partial charge >= 0.3 is 0 Å². The number of nitrogens with one attached hydrogen (secondary N) is 1. The van der Waals surface area contributed by atoms with Gasteiger partial charge in [-0.3, -0.25) is 0 Å². The van der Waals surface area contributed by atoms with Crippen LogP contribution >= 0.6 is 0 Å². The van der Waals surface area contributed by atoms with Gasteiger partial charge in [0.1, 0.15) is 0 Å². The molecule has 1 rings (SSSR count). The molecular weight excluding hydrogens is 242 g/mol. The molecule has 0 aliphatic carbocycles. The Hall–Kier alpha value is -0.910. The molecular formula is C14H27N3O2. The van der Waals surface area contributed by atoms with Crippen LogP contribution in [-0.4, -0.2) is 43.0 Å². The van der Waals surface area contributed by atoms with E-state index in [0.29, 0.717) is 5.92 Å². The van der Waals surface area contributed by atoms with Crippen LogP contribution in [0.3, 0.4) is 0 Å². The van der Waals surface area contributed by atoms with Crippen molar-refractivity contribution in [2.24, 2.45) is 5.92 Å². The first kappa shape index (κ1) is 16.1. The van der Waals surface area contributed by atoms with Gasteiger partial charge in [-0.2, -0.15) is 0 Å². The zero-order valence-corrected chi connectivity index (χ0v) is 12.4. The highest BCUT2D eigenvalue weighted by Crippen LogP contribution is 2.01. The first-order valence-corrected chi connectivity index (χ1v) is 7.00. The molecule has 0 fully saturated rings. The molecule has 110 valence electrons. The molecule has 0 unspecified atom stereocenters. The van der Waals surface area contributed by atoms with Crippen LogP contribution in [0.5, 0.6) is 0 Å². The van der Waals surface area contributed by atoms with Gasteiger partial charge in [0.05, 0.1) is 25.2 Å². The summed E-state index contributed by atoms with van der Waals surface area (Å²) in [5.41, 5.74) is 1.18. The smallest absolute Gasteiger partial charge is 0.0949 e. The van der Waals surface area contributed by atoms with Crippen molar-refractivity contribution in [1.82, 2.24) is 14.9 Å². The zero-order chi connectivity index (χ0) is 13.9. The van der Waals surface area contributed by atoms with E-state index in [-0.39, 0.29) is 0 Å². The van der Waals surface area contributed by atoms with Gasteiger partial charge in [-0.1, -0.05) is 13.8 Å². The largest absolute Gasteiger partial charge is 0.383 e. The highest BCUT2D eigenvalue weighted by Gasteiger charge is 2.01. The fourth-order valence-corrected chi connectivity index (χ4v) is 1.67. The molecule has 0 spiro atoms. The minimum absolute atomic E-state index is 0.703. The molecule has 0 radical (unpaired) electrons. The number of ether oxygens (including phenoxy) is 2. The minimum atomic E-state index is 0.703. The van der Waals surface area contributed by atoms with E-state index >= 15 is 0 Å². The Balaban J connectivity index is 2.17. The van der Waals surface area contributed by atoms with E-state index in [4.69, 9.17) is 9.47 Å². The molecule has 0 saturated carbocycles. The Morgan fingerprint density at radius 1 is 1.32 bits per heavy atom. The van der Waals surface area contributed by atoms with Gasteiger partial charge in [-0.25, -0.2) is 4.98 Å². The monoisotopic (exact) mass is 269 g/mol. The van der Waals surface area contributed by atoms with Gasteiger partial charge in [0.15, 0.2) is 0 Å². The zero-order valence-electron chi connectivity index (χ0n) is 12.4. The Morgan fingerprint density at radius 3 is 2.89 bits per heavy atom. The van der Waals surface area contributed by atoms with Gasteiger partial charge in [0, 0.05) is 39.5 Å². The van der Waals surface area contributed by atoms with Crippen molar-refractivity contribution >= 4 is 0 Å². The van der Waals surface area contributed by atoms with E-state index in [1.807, 2.05) is 12.5 Å². The highest BCUT2D eigenvalue weighted by molar-refractivity contribution is 4.97. The second-order valence-corrected chi connectivity index (χ2v) is 5.04. The average Bonchev–Trinajstić information content (AvgIpc) is 2.81. The molecule has 5 heteroatoms. The molecule has 0 aliphatic heterocycles. The fraction of sp³-hybridized carbons (Fsp3) is 0.786. The Labute approximate surface area is 116 Å². The summed E-state index contributed by atoms with van der Waals surface area (Å²) < 4.78 is 12.8. The number of rotatable bonds is 11. The summed E-state index contributed by atoms with van der Waals surface area (Å²) in [6, 6.07) is 0. The molecule has 1 heterocycles. The van der Waals surface area contributed by atoms with Crippen LogP contribution in [0.4, 0.5) is 0 Å². The molecule has 0 aliphatic rings. The summed E-state index contributed by atoms with van der Waals surface area (Å²) in [6.07, 6.45) is 4.88. The Kier molecular flexibility index (Phi) is 8.45. The third-order valence-electron chi connectivity index (χ3n) is 2.90. The predicted octanol–water partition coefficient (Wildman–Crippen LogP) is 1.68. The van der Waals surface area contributed by atoms with Crippen molar-refractivity contribution in [3.63, 3.8) is 0 Å². The van der Waals surface area contributed by atoms with Crippen LogP contribution in [0.1, 0.15) is 26.0 Å². The van der Waals surface area contributed by atoms with E-state index in [1.54, 1.807) is 7.11 Å². The summed E-state index contributed by atoms with van der Waals surface area (Å²) >= 11 is 0. The van der Waals surface area contributed by atoms with E-state index in [0.717, 1.165) is 45.9 Å². The molecule has 0 saturated heterocycles. The summed E-state index contributed by atoms with van der Waals surface area (Å²) in [5.74, 6) is 0.703. The van der Waals surface area contributed by atoms with Crippen LogP contribution < -0.4 is 5.32 Å². The lowest BCUT2D eigenvalue weighted by molar-refractivity contribution is 0.115. The molecule has 1 N–H and O–H groups in total. The van der Waals surface area contributed by atoms with Crippen LogP contribution in [0.25, 0.3) is 0 Å². The summed E-state index contributed by atoms with van der Waals surface area (Å²) in [4.78, 5) is 4.18. The Morgan fingerprint density at radius 2 is 2.16 bits per heavy atom. The lowest BCUT2D eigenvalue weighted by Gasteiger charge is -2.10. The number of methoxy groups -OCH3 is 1. The third-order valence-corrected chi connectivity index (χ3v) is 2.90. The second kappa shape index (κ2) is 9.95. The normalized spacial score (nSPS) is 11.4. The van der Waals surface area contributed by atoms with Gasteiger partial charge in [0.25, 0.3) is 0 Å². The maximum absolute atomic E-state index is 5.63. The second-order valence-electron chi connectivity index (χ2n) is 5.04. The van der Waals surface area contributed by atoms with Gasteiger partial charge in [-0.05, 0) is 12.3 Å². The van der Waals surface area contributed by atoms with Crippen molar-refractivity contribution in [2.45, 2.75) is 33.4 Å². The van der Waals surface area contributed by atoms with Crippen molar-refractivity contribution in [3.8, 4) is 0 Å². The standard InChI is InChI=1S/C14H27N3O2/c1-13(2)4-7-19-9-6-17-12-16-11-14(17)10-15-5-8-18-3/h11-13,15H,4-10H2,1-3H3. The van der Waals surface area contributed by atoms with Crippen LogP contribution in [0.2, 0.25) is 0 Å². The molecule has 0 bridgehead atoms. The topological polar surface area (TPSA) is 48.3 Å². The van der Waals surface area contributed by atoms with Gasteiger partial charge in [0.2, 0.25) is 0 Å². The number of imidazole rings is 1. The molecule has 1 aromatic rings. The lowest BCUT2D eigenvalue weighted by Crippen LogP contribution is -2.21. The highest BCUT2D eigenvalue weighted by atomic mass is 16.5. The molecule has 1 aromatic heterocycles.